The molecule has 3 heterocycles. The molecule has 2 aliphatic rings. The molecule has 0 bridgehead atoms. The van der Waals surface area contributed by atoms with Gasteiger partial charge in [-0.3, -0.25) is 14.3 Å². The van der Waals surface area contributed by atoms with Crippen molar-refractivity contribution in [1.82, 2.24) is 20.0 Å². The minimum Gasteiger partial charge on any atom is -0.467 e. The Bertz CT molecular complexity index is 1190. The number of nitrogens with one attached hydrogen (secondary N) is 1. The largest absolute Gasteiger partial charge is 0.467 e. The third-order valence-corrected chi connectivity index (χ3v) is 7.78. The van der Waals surface area contributed by atoms with E-state index in [1.165, 1.54) is 24.8 Å². The fourth-order valence-corrected chi connectivity index (χ4v) is 5.44. The van der Waals surface area contributed by atoms with E-state index in [1.54, 1.807) is 21.9 Å². The molecule has 1 fully saturated rings. The number of carbonyl (C=O) groups excluding carboxylic acids is 2. The molecule has 1 N–H and O–H groups in total. The molecular formula is C29H36N4O3. The molecule has 5 rings (SSSR count). The Hall–Kier alpha value is -3.35. The van der Waals surface area contributed by atoms with Crippen molar-refractivity contribution in [2.75, 3.05) is 0 Å². The van der Waals surface area contributed by atoms with E-state index in [-0.39, 0.29) is 24.4 Å². The predicted molar refractivity (Wildman–Crippen MR) is 138 cm³/mol. The molecule has 0 radical (unpaired) electrons. The number of amides is 2. The Morgan fingerprint density at radius 3 is 2.50 bits per heavy atom. The summed E-state index contributed by atoms with van der Waals surface area (Å²) in [5.41, 5.74) is 2.35. The number of rotatable bonds is 6. The molecular weight excluding hydrogens is 452 g/mol. The van der Waals surface area contributed by atoms with Gasteiger partial charge in [-0.15, -0.1) is 0 Å². The van der Waals surface area contributed by atoms with E-state index < -0.39 is 5.54 Å². The van der Waals surface area contributed by atoms with Crippen LogP contribution in [0.3, 0.4) is 0 Å². The lowest BCUT2D eigenvalue weighted by Crippen LogP contribution is -2.64. The number of furan rings is 1. The van der Waals surface area contributed by atoms with Crippen molar-refractivity contribution in [2.45, 2.75) is 89.9 Å². The molecule has 1 aliphatic carbocycles. The summed E-state index contributed by atoms with van der Waals surface area (Å²) in [6.45, 7) is 4.50. The molecule has 7 heteroatoms. The van der Waals surface area contributed by atoms with E-state index in [4.69, 9.17) is 9.52 Å². The second-order valence-corrected chi connectivity index (χ2v) is 10.4. The number of hydrogen-bond acceptors (Lipinski definition) is 4. The Labute approximate surface area is 212 Å². The fourth-order valence-electron chi connectivity index (χ4n) is 5.44. The fraction of sp³-hybridized carbons (Fsp3) is 0.483. The van der Waals surface area contributed by atoms with Crippen LogP contribution in [-0.4, -0.2) is 38.1 Å². The van der Waals surface area contributed by atoms with Gasteiger partial charge in [0.25, 0.3) is 5.91 Å². The lowest BCUT2D eigenvalue weighted by Gasteiger charge is -2.43. The summed E-state index contributed by atoms with van der Waals surface area (Å²) >= 11 is 0. The third-order valence-electron chi connectivity index (χ3n) is 7.78. The van der Waals surface area contributed by atoms with Crippen molar-refractivity contribution < 1.29 is 14.0 Å². The lowest BCUT2D eigenvalue weighted by molar-refractivity contribution is -0.134. The highest BCUT2D eigenvalue weighted by Crippen LogP contribution is 2.32. The van der Waals surface area contributed by atoms with Gasteiger partial charge in [-0.05, 0) is 49.9 Å². The van der Waals surface area contributed by atoms with Crippen LogP contribution in [0.25, 0.3) is 11.3 Å². The number of aromatic nitrogens is 2. The molecule has 3 aromatic rings. The van der Waals surface area contributed by atoms with Gasteiger partial charge in [-0.2, -0.15) is 5.10 Å². The monoisotopic (exact) mass is 488 g/mol. The summed E-state index contributed by atoms with van der Waals surface area (Å²) < 4.78 is 7.28. The van der Waals surface area contributed by atoms with Crippen LogP contribution < -0.4 is 5.32 Å². The van der Waals surface area contributed by atoms with Gasteiger partial charge in [0.2, 0.25) is 5.91 Å². The zero-order valence-electron chi connectivity index (χ0n) is 21.3. The van der Waals surface area contributed by atoms with Gasteiger partial charge < -0.3 is 14.6 Å². The van der Waals surface area contributed by atoms with Crippen molar-refractivity contribution >= 4 is 11.8 Å². The van der Waals surface area contributed by atoms with Crippen LogP contribution >= 0.6 is 0 Å². The Kier molecular flexibility index (Phi) is 6.99. The number of benzene rings is 1. The molecule has 0 unspecified atom stereocenters. The minimum absolute atomic E-state index is 0.122. The van der Waals surface area contributed by atoms with Gasteiger partial charge in [0.15, 0.2) is 0 Å². The molecule has 190 valence electrons. The van der Waals surface area contributed by atoms with Crippen molar-refractivity contribution in [2.24, 2.45) is 0 Å². The average molecular weight is 489 g/mol. The Balaban J connectivity index is 1.46. The third kappa shape index (κ3) is 4.84. The second kappa shape index (κ2) is 10.3. The van der Waals surface area contributed by atoms with Crippen LogP contribution in [-0.2, 0) is 24.3 Å². The van der Waals surface area contributed by atoms with E-state index >= 15 is 0 Å². The zero-order chi connectivity index (χ0) is 25.1. The predicted octanol–water partition coefficient (Wildman–Crippen LogP) is 5.35. The van der Waals surface area contributed by atoms with Gasteiger partial charge in [-0.25, -0.2) is 0 Å². The number of fused-ring (bicyclic) bond motifs is 1. The van der Waals surface area contributed by atoms with Crippen LogP contribution in [0, 0.1) is 0 Å². The summed E-state index contributed by atoms with van der Waals surface area (Å²) in [5.74, 6) is 0.316. The molecule has 2 amide bonds. The van der Waals surface area contributed by atoms with Crippen LogP contribution in [0.2, 0.25) is 0 Å². The lowest BCUT2D eigenvalue weighted by atomic mass is 9.92. The van der Waals surface area contributed by atoms with Crippen LogP contribution in [0.15, 0.2) is 53.1 Å². The first kappa shape index (κ1) is 24.3. The van der Waals surface area contributed by atoms with E-state index in [0.29, 0.717) is 18.0 Å². The summed E-state index contributed by atoms with van der Waals surface area (Å²) in [6.07, 6.45) is 10.5. The van der Waals surface area contributed by atoms with E-state index in [2.05, 4.69) is 24.4 Å². The summed E-state index contributed by atoms with van der Waals surface area (Å²) in [6, 6.07) is 13.9. The highest BCUT2D eigenvalue weighted by Gasteiger charge is 2.48. The van der Waals surface area contributed by atoms with Gasteiger partial charge in [-0.1, -0.05) is 63.3 Å². The van der Waals surface area contributed by atoms with Gasteiger partial charge in [0.05, 0.1) is 25.0 Å². The van der Waals surface area contributed by atoms with E-state index in [9.17, 15) is 9.59 Å². The standard InChI is InChI=1S/C29H36N4O3/c1-3-21-13-15-22(16-14-21)25-18-26-27(34)32(19-24-12-9-17-36-24)29(2,20-33(26)31-25)28(35)30-23-10-7-5-4-6-8-11-23/h9,12-18,23H,3-8,10-11,19-20H2,1-2H3,(H,30,35)/t29-/m1/s1. The van der Waals surface area contributed by atoms with E-state index in [1.807, 2.05) is 31.2 Å². The van der Waals surface area contributed by atoms with Crippen LogP contribution in [0.5, 0.6) is 0 Å². The molecule has 0 saturated heterocycles. The van der Waals surface area contributed by atoms with Crippen LogP contribution in [0.1, 0.15) is 80.6 Å². The number of hydrogen-bond donors (Lipinski definition) is 1. The highest BCUT2D eigenvalue weighted by molar-refractivity contribution is 6.00. The highest BCUT2D eigenvalue weighted by atomic mass is 16.3. The first-order valence-electron chi connectivity index (χ1n) is 13.3. The van der Waals surface area contributed by atoms with Crippen LogP contribution in [0.4, 0.5) is 0 Å². The minimum atomic E-state index is -1.09. The summed E-state index contributed by atoms with van der Waals surface area (Å²) in [4.78, 5) is 29.4. The molecule has 1 aliphatic heterocycles. The van der Waals surface area contributed by atoms with Crippen molar-refractivity contribution in [3.05, 3.63) is 65.7 Å². The second-order valence-electron chi connectivity index (χ2n) is 10.4. The smallest absolute Gasteiger partial charge is 0.273 e. The number of aryl methyl sites for hydroxylation is 1. The maximum absolute atomic E-state index is 13.9. The first-order chi connectivity index (χ1) is 17.5. The average Bonchev–Trinajstić information content (AvgIpc) is 3.53. The molecule has 7 nitrogen and oxygen atoms in total. The normalized spacial score (nSPS) is 21.1. The number of carbonyl (C=O) groups is 2. The van der Waals surface area contributed by atoms with Crippen molar-refractivity contribution in [3.8, 4) is 11.3 Å². The molecule has 1 aromatic carbocycles. The van der Waals surface area contributed by atoms with Crippen molar-refractivity contribution in [3.63, 3.8) is 0 Å². The molecule has 1 saturated carbocycles. The number of nitrogens with zero attached hydrogens (tertiary/aromatic N) is 3. The maximum atomic E-state index is 13.9. The van der Waals surface area contributed by atoms with Gasteiger partial charge in [0.1, 0.15) is 17.0 Å². The molecule has 0 spiro atoms. The Morgan fingerprint density at radius 1 is 1.11 bits per heavy atom. The summed E-state index contributed by atoms with van der Waals surface area (Å²) in [7, 11) is 0. The molecule has 36 heavy (non-hydrogen) atoms. The summed E-state index contributed by atoms with van der Waals surface area (Å²) in [5, 5.41) is 8.08. The topological polar surface area (TPSA) is 80.4 Å². The quantitative estimate of drug-likeness (QED) is 0.507. The SMILES string of the molecule is CCc1ccc(-c2cc3n(n2)C[C@](C)(C(=O)NC2CCCCCCC2)N(Cc2ccco2)C3=O)cc1. The zero-order valence-corrected chi connectivity index (χ0v) is 21.3. The van der Waals surface area contributed by atoms with Gasteiger partial charge in [0, 0.05) is 11.6 Å². The molecule has 1 atom stereocenters. The maximum Gasteiger partial charge on any atom is 0.273 e. The Morgan fingerprint density at radius 2 is 1.83 bits per heavy atom. The first-order valence-corrected chi connectivity index (χ1v) is 13.3. The van der Waals surface area contributed by atoms with Crippen molar-refractivity contribution in [1.29, 1.82) is 0 Å². The van der Waals surface area contributed by atoms with E-state index in [0.717, 1.165) is 43.4 Å². The molecule has 2 aromatic heterocycles. The van der Waals surface area contributed by atoms with Gasteiger partial charge >= 0.3 is 0 Å².